The molecule has 2 atom stereocenters. The van der Waals surface area contributed by atoms with Crippen LogP contribution in [0.25, 0.3) is 0 Å². The fourth-order valence-corrected chi connectivity index (χ4v) is 2.34. The monoisotopic (exact) mass is 263 g/mol. The van der Waals surface area contributed by atoms with Crippen molar-refractivity contribution in [3.63, 3.8) is 0 Å². The zero-order chi connectivity index (χ0) is 13.8. The van der Waals surface area contributed by atoms with Crippen LogP contribution in [0.1, 0.15) is 12.0 Å². The number of aromatic hydroxyl groups is 1. The molecule has 1 fully saturated rings. The van der Waals surface area contributed by atoms with Crippen molar-refractivity contribution in [3.8, 4) is 5.75 Å². The summed E-state index contributed by atoms with van der Waals surface area (Å²) in [6, 6.07) is 6.44. The van der Waals surface area contributed by atoms with Gasteiger partial charge in [0, 0.05) is 12.6 Å². The second kappa shape index (κ2) is 6.04. The van der Waals surface area contributed by atoms with Crippen LogP contribution in [0, 0.1) is 0 Å². The van der Waals surface area contributed by atoms with Gasteiger partial charge in [-0.3, -0.25) is 4.79 Å². The Morgan fingerprint density at radius 1 is 1.53 bits per heavy atom. The van der Waals surface area contributed by atoms with Crippen LogP contribution in [0.3, 0.4) is 0 Å². The molecule has 1 aliphatic rings. The second-order valence-corrected chi connectivity index (χ2v) is 5.23. The zero-order valence-corrected chi connectivity index (χ0v) is 11.2. The number of phenolic OH excluding ortho intramolecular Hbond substituents is 1. The van der Waals surface area contributed by atoms with Crippen LogP contribution in [-0.2, 0) is 11.2 Å². The van der Waals surface area contributed by atoms with Gasteiger partial charge in [-0.05, 0) is 44.1 Å². The first-order valence-electron chi connectivity index (χ1n) is 6.57. The van der Waals surface area contributed by atoms with Gasteiger partial charge < -0.3 is 21.1 Å². The molecule has 5 nitrogen and oxygen atoms in total. The van der Waals surface area contributed by atoms with Crippen LogP contribution in [-0.4, -0.2) is 48.1 Å². The number of nitrogens with two attached hydrogens (primary N) is 1. The van der Waals surface area contributed by atoms with Gasteiger partial charge >= 0.3 is 0 Å². The summed E-state index contributed by atoms with van der Waals surface area (Å²) in [5, 5.41) is 12.2. The van der Waals surface area contributed by atoms with Crippen LogP contribution in [0.5, 0.6) is 5.75 Å². The van der Waals surface area contributed by atoms with E-state index in [9.17, 15) is 9.90 Å². The third-order valence-corrected chi connectivity index (χ3v) is 3.47. The maximum atomic E-state index is 12.0. The number of amides is 1. The summed E-state index contributed by atoms with van der Waals surface area (Å²) in [7, 11) is 2.04. The summed E-state index contributed by atoms with van der Waals surface area (Å²) in [6.07, 6.45) is 1.46. The van der Waals surface area contributed by atoms with Crippen molar-refractivity contribution in [3.05, 3.63) is 29.8 Å². The van der Waals surface area contributed by atoms with Crippen molar-refractivity contribution in [1.82, 2.24) is 10.2 Å². The molecule has 0 aromatic heterocycles. The van der Waals surface area contributed by atoms with Gasteiger partial charge in [-0.15, -0.1) is 0 Å². The summed E-state index contributed by atoms with van der Waals surface area (Å²) >= 11 is 0. The molecule has 0 bridgehead atoms. The first-order valence-corrected chi connectivity index (χ1v) is 6.57. The van der Waals surface area contributed by atoms with E-state index >= 15 is 0 Å². The molecular formula is C14H21N3O2. The van der Waals surface area contributed by atoms with Crippen molar-refractivity contribution in [2.24, 2.45) is 5.73 Å². The molecule has 1 aromatic carbocycles. The Morgan fingerprint density at radius 3 is 2.79 bits per heavy atom. The number of likely N-dealkylation sites (tertiary alicyclic amines) is 1. The number of nitrogens with one attached hydrogen (secondary N) is 1. The van der Waals surface area contributed by atoms with E-state index in [0.717, 1.165) is 25.1 Å². The lowest BCUT2D eigenvalue weighted by atomic mass is 10.1. The van der Waals surface area contributed by atoms with E-state index in [1.807, 2.05) is 7.05 Å². The molecule has 1 aromatic rings. The zero-order valence-electron chi connectivity index (χ0n) is 11.2. The average molecular weight is 263 g/mol. The van der Waals surface area contributed by atoms with Crippen molar-refractivity contribution in [2.45, 2.75) is 24.9 Å². The summed E-state index contributed by atoms with van der Waals surface area (Å²) in [5.74, 6) is 0.115. The number of carbonyl (C=O) groups excluding carboxylic acids is 1. The molecule has 5 heteroatoms. The van der Waals surface area contributed by atoms with E-state index < -0.39 is 6.04 Å². The highest BCUT2D eigenvalue weighted by atomic mass is 16.3. The van der Waals surface area contributed by atoms with Gasteiger partial charge in [0.25, 0.3) is 0 Å². The van der Waals surface area contributed by atoms with Gasteiger partial charge in [0.15, 0.2) is 0 Å². The topological polar surface area (TPSA) is 78.6 Å². The van der Waals surface area contributed by atoms with E-state index in [2.05, 4.69) is 10.2 Å². The van der Waals surface area contributed by atoms with E-state index in [-0.39, 0.29) is 17.7 Å². The first kappa shape index (κ1) is 13.8. The van der Waals surface area contributed by atoms with Crippen LogP contribution >= 0.6 is 0 Å². The number of carbonyl (C=O) groups is 1. The smallest absolute Gasteiger partial charge is 0.237 e. The summed E-state index contributed by atoms with van der Waals surface area (Å²) < 4.78 is 0. The van der Waals surface area contributed by atoms with Gasteiger partial charge in [0.05, 0.1) is 6.04 Å². The Morgan fingerprint density at radius 2 is 2.21 bits per heavy atom. The number of hydrogen-bond acceptors (Lipinski definition) is 4. The third-order valence-electron chi connectivity index (χ3n) is 3.47. The fourth-order valence-electron chi connectivity index (χ4n) is 2.34. The predicted molar refractivity (Wildman–Crippen MR) is 73.8 cm³/mol. The van der Waals surface area contributed by atoms with E-state index in [1.54, 1.807) is 24.3 Å². The quantitative estimate of drug-likeness (QED) is 0.719. The largest absolute Gasteiger partial charge is 0.508 e. The van der Waals surface area contributed by atoms with Crippen molar-refractivity contribution < 1.29 is 9.90 Å². The molecule has 1 aliphatic heterocycles. The van der Waals surface area contributed by atoms with Gasteiger partial charge in [-0.2, -0.15) is 0 Å². The lowest BCUT2D eigenvalue weighted by Gasteiger charge is -2.17. The minimum atomic E-state index is -0.546. The molecular weight excluding hydrogens is 242 g/mol. The number of hydrogen-bond donors (Lipinski definition) is 3. The minimum absolute atomic E-state index is 0.103. The maximum Gasteiger partial charge on any atom is 0.237 e. The van der Waals surface area contributed by atoms with Gasteiger partial charge in [-0.1, -0.05) is 12.1 Å². The fraction of sp³-hybridized carbons (Fsp3) is 0.500. The highest BCUT2D eigenvalue weighted by molar-refractivity contribution is 5.82. The van der Waals surface area contributed by atoms with Crippen LogP contribution < -0.4 is 11.1 Å². The van der Waals surface area contributed by atoms with Gasteiger partial charge in [0.2, 0.25) is 5.91 Å². The molecule has 19 heavy (non-hydrogen) atoms. The molecule has 1 saturated heterocycles. The molecule has 0 aliphatic carbocycles. The molecule has 2 unspecified atom stereocenters. The lowest BCUT2D eigenvalue weighted by Crippen LogP contribution is -2.47. The van der Waals surface area contributed by atoms with E-state index in [0.29, 0.717) is 6.42 Å². The second-order valence-electron chi connectivity index (χ2n) is 5.23. The molecule has 0 radical (unpaired) electrons. The Bertz CT molecular complexity index is 433. The number of phenols is 1. The normalized spacial score (nSPS) is 21.3. The predicted octanol–water partition coefficient (Wildman–Crippen LogP) is 0.0823. The molecule has 4 N–H and O–H groups in total. The van der Waals surface area contributed by atoms with Crippen molar-refractivity contribution in [1.29, 1.82) is 0 Å². The summed E-state index contributed by atoms with van der Waals surface area (Å²) in [5.41, 5.74) is 6.86. The Hall–Kier alpha value is -1.59. The summed E-state index contributed by atoms with van der Waals surface area (Å²) in [4.78, 5) is 14.2. The molecule has 1 amide bonds. The van der Waals surface area contributed by atoms with E-state index in [1.165, 1.54) is 0 Å². The van der Waals surface area contributed by atoms with Crippen LogP contribution in [0.15, 0.2) is 24.3 Å². The molecule has 2 rings (SSSR count). The third kappa shape index (κ3) is 3.94. The van der Waals surface area contributed by atoms with Gasteiger partial charge in [-0.25, -0.2) is 0 Å². The number of rotatable bonds is 4. The Labute approximate surface area is 113 Å². The highest BCUT2D eigenvalue weighted by Crippen LogP contribution is 2.11. The Balaban J connectivity index is 1.83. The highest BCUT2D eigenvalue weighted by Gasteiger charge is 2.23. The van der Waals surface area contributed by atoms with Gasteiger partial charge in [0.1, 0.15) is 5.75 Å². The lowest BCUT2D eigenvalue weighted by molar-refractivity contribution is -0.122. The first-order chi connectivity index (χ1) is 9.04. The molecule has 0 spiro atoms. The number of nitrogens with zero attached hydrogens (tertiary/aromatic N) is 1. The number of likely N-dealkylation sites (N-methyl/N-ethyl adjacent to an activating group) is 1. The van der Waals surface area contributed by atoms with Crippen molar-refractivity contribution in [2.75, 3.05) is 20.1 Å². The van der Waals surface area contributed by atoms with Crippen LogP contribution in [0.2, 0.25) is 0 Å². The SMILES string of the molecule is CN1CCC(NC(=O)C(N)Cc2ccc(O)cc2)C1. The Kier molecular flexibility index (Phi) is 4.39. The molecule has 1 heterocycles. The number of benzene rings is 1. The standard InChI is InChI=1S/C14H21N3O2/c1-17-7-6-11(9-17)16-14(19)13(15)8-10-2-4-12(18)5-3-10/h2-5,11,13,18H,6-9,15H2,1H3,(H,16,19). The average Bonchev–Trinajstić information content (AvgIpc) is 2.77. The van der Waals surface area contributed by atoms with E-state index in [4.69, 9.17) is 5.73 Å². The molecule has 0 saturated carbocycles. The van der Waals surface area contributed by atoms with Crippen molar-refractivity contribution >= 4 is 5.91 Å². The van der Waals surface area contributed by atoms with Crippen LogP contribution in [0.4, 0.5) is 0 Å². The summed E-state index contributed by atoms with van der Waals surface area (Å²) in [6.45, 7) is 1.90. The maximum absolute atomic E-state index is 12.0. The minimum Gasteiger partial charge on any atom is -0.508 e. The molecule has 104 valence electrons.